The van der Waals surface area contributed by atoms with Crippen LogP contribution in [0.15, 0.2) is 30.3 Å². The molecular weight excluding hydrogens is 264 g/mol. The van der Waals surface area contributed by atoms with Crippen molar-refractivity contribution in [1.82, 2.24) is 0 Å². The summed E-state index contributed by atoms with van der Waals surface area (Å²) in [5.41, 5.74) is 0. The third kappa shape index (κ3) is 4.15. The van der Waals surface area contributed by atoms with Gasteiger partial charge < -0.3 is 9.84 Å². The predicted octanol–water partition coefficient (Wildman–Crippen LogP) is 0.323. The molecule has 2 N–H and O–H groups in total. The van der Waals surface area contributed by atoms with Crippen molar-refractivity contribution >= 4 is 22.1 Å². The molecule has 8 heteroatoms. The zero-order valence-corrected chi connectivity index (χ0v) is 9.83. The molecule has 0 saturated carbocycles. The number of hydrogen-bond donors (Lipinski definition) is 2. The number of para-hydroxylation sites is 1. The number of carbonyl (C=O) groups is 2. The second kappa shape index (κ2) is 5.61. The Bertz CT molecular complexity index is 535. The summed E-state index contributed by atoms with van der Waals surface area (Å²) in [5, 5.41) is 6.34. The van der Waals surface area contributed by atoms with E-state index in [4.69, 9.17) is 9.66 Å². The molecule has 1 aromatic rings. The van der Waals surface area contributed by atoms with Gasteiger partial charge in [0.1, 0.15) is 5.75 Å². The van der Waals surface area contributed by atoms with Crippen LogP contribution in [0.25, 0.3) is 0 Å². The lowest BCUT2D eigenvalue weighted by Crippen LogP contribution is -2.35. The van der Waals surface area contributed by atoms with Gasteiger partial charge >= 0.3 is 11.9 Å². The minimum atomic E-state index is -4.83. The minimum absolute atomic E-state index is 0.0570. The first-order valence-corrected chi connectivity index (χ1v) is 6.26. The molecule has 0 aromatic heterocycles. The van der Waals surface area contributed by atoms with Gasteiger partial charge in [-0.25, -0.2) is 0 Å². The van der Waals surface area contributed by atoms with Crippen LogP contribution in [0.5, 0.6) is 5.75 Å². The van der Waals surface area contributed by atoms with E-state index in [9.17, 15) is 18.0 Å². The number of carboxylic acids is 1. The average Bonchev–Trinajstić information content (AvgIpc) is 2.25. The van der Waals surface area contributed by atoms with Gasteiger partial charge in [-0.05, 0) is 12.1 Å². The fourth-order valence-electron chi connectivity index (χ4n) is 1.14. The molecule has 1 atom stereocenters. The number of hydrogen-bond acceptors (Lipinski definition) is 5. The highest BCUT2D eigenvalue weighted by atomic mass is 32.2. The first-order valence-electron chi connectivity index (χ1n) is 4.75. The fraction of sp³-hybridized carbons (Fsp3) is 0.200. The Kier molecular flexibility index (Phi) is 4.40. The molecule has 98 valence electrons. The Labute approximate surface area is 103 Å². The molecule has 7 nitrogen and oxygen atoms in total. The van der Waals surface area contributed by atoms with Gasteiger partial charge in [-0.3, -0.25) is 14.1 Å². The molecule has 0 spiro atoms. The van der Waals surface area contributed by atoms with Crippen LogP contribution in [0, 0.1) is 0 Å². The van der Waals surface area contributed by atoms with Crippen molar-refractivity contribution in [2.24, 2.45) is 0 Å². The Balaban J connectivity index is 2.87. The summed E-state index contributed by atoms with van der Waals surface area (Å²) >= 11 is 0. The van der Waals surface area contributed by atoms with Crippen LogP contribution in [-0.4, -0.2) is 35.3 Å². The Morgan fingerprint density at radius 1 is 1.22 bits per heavy atom. The third-order valence-corrected chi connectivity index (χ3v) is 3.02. The van der Waals surface area contributed by atoms with Gasteiger partial charge in [0.05, 0.1) is 6.42 Å². The third-order valence-electron chi connectivity index (χ3n) is 1.94. The highest BCUT2D eigenvalue weighted by Crippen LogP contribution is 2.13. The second-order valence-corrected chi connectivity index (χ2v) is 4.93. The number of aliphatic carboxylic acids is 1. The monoisotopic (exact) mass is 274 g/mol. The van der Waals surface area contributed by atoms with Crippen molar-refractivity contribution in [3.05, 3.63) is 30.3 Å². The second-order valence-electron chi connectivity index (χ2n) is 3.34. The quantitative estimate of drug-likeness (QED) is 0.451. The van der Waals surface area contributed by atoms with Gasteiger partial charge in [-0.2, -0.15) is 8.42 Å². The van der Waals surface area contributed by atoms with Gasteiger partial charge in [0.2, 0.25) is 0 Å². The largest absolute Gasteiger partial charge is 0.481 e. The predicted molar refractivity (Wildman–Crippen MR) is 59.7 cm³/mol. The van der Waals surface area contributed by atoms with Crippen LogP contribution in [0.3, 0.4) is 0 Å². The van der Waals surface area contributed by atoms with Crippen LogP contribution in [0.1, 0.15) is 6.42 Å². The van der Waals surface area contributed by atoms with Gasteiger partial charge in [0.25, 0.3) is 10.1 Å². The van der Waals surface area contributed by atoms with Gasteiger partial charge in [0, 0.05) is 0 Å². The summed E-state index contributed by atoms with van der Waals surface area (Å²) in [7, 11) is -4.83. The first-order chi connectivity index (χ1) is 8.30. The Morgan fingerprint density at radius 2 is 1.78 bits per heavy atom. The van der Waals surface area contributed by atoms with Gasteiger partial charge in [-0.15, -0.1) is 0 Å². The molecule has 1 unspecified atom stereocenters. The highest BCUT2D eigenvalue weighted by Gasteiger charge is 2.35. The maximum absolute atomic E-state index is 11.5. The van der Waals surface area contributed by atoms with E-state index in [0.717, 1.165) is 0 Å². The Morgan fingerprint density at radius 3 is 2.22 bits per heavy atom. The summed E-state index contributed by atoms with van der Waals surface area (Å²) in [5.74, 6) is -2.82. The van der Waals surface area contributed by atoms with Crippen molar-refractivity contribution < 1.29 is 32.4 Å². The number of esters is 1. The zero-order valence-electron chi connectivity index (χ0n) is 9.02. The summed E-state index contributed by atoms with van der Waals surface area (Å²) in [6, 6.07) is 7.51. The lowest BCUT2D eigenvalue weighted by Gasteiger charge is -2.10. The maximum Gasteiger partial charge on any atom is 0.332 e. The van der Waals surface area contributed by atoms with Crippen molar-refractivity contribution in [2.45, 2.75) is 11.7 Å². The molecule has 0 fully saturated rings. The molecule has 0 aliphatic carbocycles. The lowest BCUT2D eigenvalue weighted by molar-refractivity contribution is -0.142. The molecule has 18 heavy (non-hydrogen) atoms. The van der Waals surface area contributed by atoms with Crippen LogP contribution in [0.2, 0.25) is 0 Å². The summed E-state index contributed by atoms with van der Waals surface area (Å²) in [4.78, 5) is 21.9. The summed E-state index contributed by atoms with van der Waals surface area (Å²) in [6.07, 6.45) is -1.06. The van der Waals surface area contributed by atoms with E-state index in [0.29, 0.717) is 0 Å². The van der Waals surface area contributed by atoms with E-state index in [1.54, 1.807) is 18.2 Å². The molecule has 0 radical (unpaired) electrons. The minimum Gasteiger partial charge on any atom is -0.481 e. The van der Waals surface area contributed by atoms with Crippen LogP contribution in [0.4, 0.5) is 0 Å². The van der Waals surface area contributed by atoms with Crippen LogP contribution >= 0.6 is 0 Å². The summed E-state index contributed by atoms with van der Waals surface area (Å²) in [6.45, 7) is 0. The summed E-state index contributed by atoms with van der Waals surface area (Å²) < 4.78 is 35.2. The number of carbonyl (C=O) groups excluding carboxylic acids is 1. The zero-order chi connectivity index (χ0) is 13.8. The molecule has 0 heterocycles. The highest BCUT2D eigenvalue weighted by molar-refractivity contribution is 7.87. The lowest BCUT2D eigenvalue weighted by atomic mass is 10.3. The van der Waals surface area contributed by atoms with Gasteiger partial charge in [0.15, 0.2) is 5.25 Å². The number of benzene rings is 1. The van der Waals surface area contributed by atoms with Crippen LogP contribution < -0.4 is 4.74 Å². The Hall–Kier alpha value is -1.93. The number of ether oxygens (including phenoxy) is 1. The SMILES string of the molecule is O=C(O)CC(C(=O)Oc1ccccc1)S(=O)(=O)O. The molecule has 1 rings (SSSR count). The normalized spacial score (nSPS) is 12.7. The maximum atomic E-state index is 11.5. The number of rotatable bonds is 5. The van der Waals surface area contributed by atoms with E-state index < -0.39 is 33.7 Å². The van der Waals surface area contributed by atoms with Crippen molar-refractivity contribution in [3.63, 3.8) is 0 Å². The fourth-order valence-corrected chi connectivity index (χ4v) is 1.78. The molecule has 0 amide bonds. The van der Waals surface area contributed by atoms with Crippen molar-refractivity contribution in [3.8, 4) is 5.75 Å². The molecule has 0 bridgehead atoms. The standard InChI is InChI=1S/C10H10O7S/c11-9(12)6-8(18(14,15)16)10(13)17-7-4-2-1-3-5-7/h1-5,8H,6H2,(H,11,12)(H,14,15,16). The van der Waals surface area contributed by atoms with E-state index >= 15 is 0 Å². The van der Waals surface area contributed by atoms with E-state index in [2.05, 4.69) is 4.74 Å². The van der Waals surface area contributed by atoms with E-state index in [1.165, 1.54) is 12.1 Å². The molecule has 0 saturated heterocycles. The molecule has 1 aromatic carbocycles. The van der Waals surface area contributed by atoms with Crippen LogP contribution in [-0.2, 0) is 19.7 Å². The topological polar surface area (TPSA) is 118 Å². The first kappa shape index (κ1) is 14.1. The smallest absolute Gasteiger partial charge is 0.332 e. The molecule has 0 aliphatic rings. The van der Waals surface area contributed by atoms with E-state index in [1.807, 2.05) is 0 Å². The average molecular weight is 274 g/mol. The molecular formula is C10H10O7S. The van der Waals surface area contributed by atoms with Crippen molar-refractivity contribution in [1.29, 1.82) is 0 Å². The van der Waals surface area contributed by atoms with E-state index in [-0.39, 0.29) is 5.75 Å². The number of carboxylic acid groups (broad SMARTS) is 1. The van der Waals surface area contributed by atoms with Gasteiger partial charge in [-0.1, -0.05) is 18.2 Å². The molecule has 0 aliphatic heterocycles. The van der Waals surface area contributed by atoms with Crippen molar-refractivity contribution in [2.75, 3.05) is 0 Å².